The van der Waals surface area contributed by atoms with Crippen molar-refractivity contribution in [1.82, 2.24) is 9.97 Å². The lowest BCUT2D eigenvalue weighted by Crippen LogP contribution is -2.15. The maximum atomic E-state index is 5.78. The van der Waals surface area contributed by atoms with Gasteiger partial charge in [0, 0.05) is 18.8 Å². The number of aromatic nitrogens is 2. The number of imidazole rings is 1. The van der Waals surface area contributed by atoms with E-state index in [0.29, 0.717) is 13.0 Å². The molecule has 1 aromatic rings. The van der Waals surface area contributed by atoms with Crippen LogP contribution >= 0.6 is 6.72 Å². The summed E-state index contributed by atoms with van der Waals surface area (Å²) in [6.07, 6.45) is 4.03. The average Bonchev–Trinajstić information content (AvgIpc) is 2.67. The van der Waals surface area contributed by atoms with Crippen molar-refractivity contribution in [3.05, 3.63) is 18.2 Å². The zero-order valence-corrected chi connectivity index (χ0v) is 13.0. The molecule has 18 heavy (non-hydrogen) atoms. The largest absolute Gasteiger partial charge is 0.349 e. The molecule has 0 radical (unpaired) electrons. The molecule has 1 heterocycles. The Labute approximate surface area is 114 Å². The van der Waals surface area contributed by atoms with Crippen LogP contribution in [0.2, 0.25) is 0 Å². The third kappa shape index (κ3) is 5.59. The third-order valence-corrected chi connectivity index (χ3v) is 4.68. The van der Waals surface area contributed by atoms with Crippen LogP contribution in [0.15, 0.2) is 12.4 Å². The summed E-state index contributed by atoms with van der Waals surface area (Å²) in [6.45, 7) is 5.48. The van der Waals surface area contributed by atoms with Crippen LogP contribution in [0.1, 0.15) is 33.5 Å². The van der Waals surface area contributed by atoms with Crippen molar-refractivity contribution >= 4 is 18.5 Å². The van der Waals surface area contributed by atoms with Gasteiger partial charge in [-0.3, -0.25) is 0 Å². The number of hydrogen-bond donors (Lipinski definition) is 1. The zero-order valence-electron chi connectivity index (χ0n) is 11.3. The van der Waals surface area contributed by atoms with Crippen molar-refractivity contribution in [2.75, 3.05) is 6.61 Å². The molecule has 0 aliphatic rings. The van der Waals surface area contributed by atoms with E-state index < -0.39 is 6.72 Å². The lowest BCUT2D eigenvalue weighted by Gasteiger charge is -2.26. The van der Waals surface area contributed by atoms with Crippen LogP contribution in [0.25, 0.3) is 0 Å². The Balaban J connectivity index is 2.57. The van der Waals surface area contributed by atoms with Gasteiger partial charge in [0.1, 0.15) is 5.82 Å². The molecule has 0 bridgehead atoms. The van der Waals surface area contributed by atoms with E-state index in [0.717, 1.165) is 5.82 Å². The van der Waals surface area contributed by atoms with Gasteiger partial charge < -0.3 is 18.6 Å². The Morgan fingerprint density at radius 2 is 2.11 bits per heavy atom. The fourth-order valence-corrected chi connectivity index (χ4v) is 4.23. The highest BCUT2D eigenvalue weighted by molar-refractivity contribution is 8.07. The molecular weight excluding hydrogens is 271 g/mol. The Kier molecular flexibility index (Phi) is 6.46. The predicted octanol–water partition coefficient (Wildman–Crippen LogP) is 3.04. The van der Waals surface area contributed by atoms with Gasteiger partial charge in [-0.25, -0.2) is 4.98 Å². The topological polar surface area (TPSA) is 56.4 Å². The number of H-pyrrole nitrogens is 1. The minimum Gasteiger partial charge on any atom is -0.349 e. The molecule has 5 nitrogen and oxygen atoms in total. The van der Waals surface area contributed by atoms with Crippen molar-refractivity contribution in [3.63, 3.8) is 0 Å². The van der Waals surface area contributed by atoms with Crippen molar-refractivity contribution in [2.45, 2.75) is 46.3 Å². The van der Waals surface area contributed by atoms with Crippen LogP contribution in [0, 0.1) is 0 Å². The molecule has 104 valence electrons. The fraction of sp³-hybridized carbons (Fsp3) is 0.727. The van der Waals surface area contributed by atoms with Crippen LogP contribution < -0.4 is 0 Å². The molecule has 1 rings (SSSR count). The number of nitrogens with one attached hydrogen (secondary N) is 1. The molecule has 0 spiro atoms. The molecule has 7 heteroatoms. The number of aromatic amines is 1. The lowest BCUT2D eigenvalue weighted by molar-refractivity contribution is 0.105. The highest BCUT2D eigenvalue weighted by Crippen LogP contribution is 2.52. The minimum atomic E-state index is -2.66. The van der Waals surface area contributed by atoms with Crippen molar-refractivity contribution in [2.24, 2.45) is 0 Å². The normalized spacial score (nSPS) is 16.7. The van der Waals surface area contributed by atoms with Gasteiger partial charge in [-0.15, -0.1) is 0 Å². The third-order valence-electron chi connectivity index (χ3n) is 1.97. The van der Waals surface area contributed by atoms with Gasteiger partial charge >= 0.3 is 6.72 Å². The molecule has 0 aliphatic heterocycles. The van der Waals surface area contributed by atoms with Gasteiger partial charge in [0.2, 0.25) is 0 Å². The van der Waals surface area contributed by atoms with E-state index >= 15 is 0 Å². The Bertz CT molecular complexity index is 384. The molecule has 2 atom stereocenters. The summed E-state index contributed by atoms with van der Waals surface area (Å²) in [4.78, 5) is 7.19. The summed E-state index contributed by atoms with van der Waals surface area (Å²) >= 11 is 5.36. The minimum absolute atomic E-state index is 0.0156. The van der Waals surface area contributed by atoms with E-state index in [-0.39, 0.29) is 12.2 Å². The molecule has 0 amide bonds. The maximum absolute atomic E-state index is 5.78. The van der Waals surface area contributed by atoms with Gasteiger partial charge in [-0.2, -0.15) is 0 Å². The Morgan fingerprint density at radius 3 is 2.61 bits per heavy atom. The summed E-state index contributed by atoms with van der Waals surface area (Å²) in [6, 6.07) is 0. The van der Waals surface area contributed by atoms with Crippen LogP contribution in [0.5, 0.6) is 0 Å². The van der Waals surface area contributed by atoms with Gasteiger partial charge in [0.05, 0.1) is 18.8 Å². The van der Waals surface area contributed by atoms with E-state index in [1.807, 2.05) is 27.7 Å². The molecule has 0 aliphatic carbocycles. The maximum Gasteiger partial charge on any atom is 0.327 e. The second-order valence-electron chi connectivity index (χ2n) is 4.18. The summed E-state index contributed by atoms with van der Waals surface area (Å²) in [5.41, 5.74) is 0. The first kappa shape index (κ1) is 15.8. The monoisotopic (exact) mass is 292 g/mol. The molecule has 1 N–H and O–H groups in total. The van der Waals surface area contributed by atoms with Crippen LogP contribution in [-0.2, 0) is 31.8 Å². The van der Waals surface area contributed by atoms with Gasteiger partial charge in [0.15, 0.2) is 0 Å². The van der Waals surface area contributed by atoms with Gasteiger partial charge in [0.25, 0.3) is 0 Å². The number of hydrogen-bond acceptors (Lipinski definition) is 5. The fourth-order valence-electron chi connectivity index (χ4n) is 1.44. The first-order valence-electron chi connectivity index (χ1n) is 6.05. The highest BCUT2D eigenvalue weighted by Gasteiger charge is 2.25. The van der Waals surface area contributed by atoms with Gasteiger partial charge in [-0.05, 0) is 39.5 Å². The summed E-state index contributed by atoms with van der Waals surface area (Å²) in [5, 5.41) is 0. The van der Waals surface area contributed by atoms with Crippen molar-refractivity contribution in [1.29, 1.82) is 0 Å². The highest BCUT2D eigenvalue weighted by atomic mass is 32.5. The molecule has 2 unspecified atom stereocenters. The first-order valence-corrected chi connectivity index (χ1v) is 8.60. The standard InChI is InChI=1S/C11H21N2O3PS/c1-5-14-17(18,15-9(2)3)16-10(4)8-11-12-6-7-13-11/h6-7,9-10H,5,8H2,1-4H3,(H,12,13). The SMILES string of the molecule is CCOP(=S)(OC(C)C)OC(C)Cc1ncc[nH]1. The molecule has 1 aromatic heterocycles. The second-order valence-corrected chi connectivity index (χ2v) is 7.09. The lowest BCUT2D eigenvalue weighted by atomic mass is 10.3. The first-order chi connectivity index (χ1) is 8.45. The Morgan fingerprint density at radius 1 is 1.39 bits per heavy atom. The Hall–Kier alpha value is -0.260. The van der Waals surface area contributed by atoms with E-state index in [9.17, 15) is 0 Å². The van der Waals surface area contributed by atoms with Crippen LogP contribution in [0.3, 0.4) is 0 Å². The smallest absolute Gasteiger partial charge is 0.327 e. The van der Waals surface area contributed by atoms with Crippen molar-refractivity contribution in [3.8, 4) is 0 Å². The predicted molar refractivity (Wildman–Crippen MR) is 75.0 cm³/mol. The van der Waals surface area contributed by atoms with Gasteiger partial charge in [-0.1, -0.05) is 0 Å². The molecule has 0 aromatic carbocycles. The zero-order chi connectivity index (χ0) is 13.6. The molecule has 0 fully saturated rings. The van der Waals surface area contributed by atoms with E-state index in [1.165, 1.54) is 0 Å². The van der Waals surface area contributed by atoms with E-state index in [2.05, 4.69) is 9.97 Å². The van der Waals surface area contributed by atoms with Crippen molar-refractivity contribution < 1.29 is 13.6 Å². The summed E-state index contributed by atoms with van der Waals surface area (Å²) in [7, 11) is 0. The van der Waals surface area contributed by atoms with E-state index in [4.69, 9.17) is 25.4 Å². The summed E-state index contributed by atoms with van der Waals surface area (Å²) in [5.74, 6) is 0.866. The quantitative estimate of drug-likeness (QED) is 0.746. The molecule has 0 saturated carbocycles. The second kappa shape index (κ2) is 7.36. The van der Waals surface area contributed by atoms with E-state index in [1.54, 1.807) is 12.4 Å². The summed E-state index contributed by atoms with van der Waals surface area (Å²) < 4.78 is 16.9. The number of nitrogens with zero attached hydrogens (tertiary/aromatic N) is 1. The molecule has 0 saturated heterocycles. The molecular formula is C11H21N2O3PS. The average molecular weight is 292 g/mol. The number of rotatable bonds is 8. The van der Waals surface area contributed by atoms with Crippen LogP contribution in [-0.4, -0.2) is 28.8 Å². The van der Waals surface area contributed by atoms with Crippen LogP contribution in [0.4, 0.5) is 0 Å².